The molecule has 1 aromatic carbocycles. The Morgan fingerprint density at radius 1 is 1.24 bits per heavy atom. The number of nitrogens with zero attached hydrogens (tertiary/aromatic N) is 2. The van der Waals surface area contributed by atoms with Crippen LogP contribution in [-0.2, 0) is 14.3 Å². The van der Waals surface area contributed by atoms with E-state index in [1.165, 1.54) is 11.9 Å². The van der Waals surface area contributed by atoms with Crippen LogP contribution in [0.4, 0.5) is 0 Å². The Bertz CT molecular complexity index is 637. The highest BCUT2D eigenvalue weighted by Gasteiger charge is 2.13. The quantitative estimate of drug-likeness (QED) is 0.660. The summed E-state index contributed by atoms with van der Waals surface area (Å²) in [4.78, 5) is 36.4. The summed E-state index contributed by atoms with van der Waals surface area (Å²) in [5.74, 6) is -0.919. The third kappa shape index (κ3) is 7.35. The topological polar surface area (TPSA) is 109 Å². The summed E-state index contributed by atoms with van der Waals surface area (Å²) in [6.07, 6.45) is 0.203. The van der Waals surface area contributed by atoms with Crippen molar-refractivity contribution in [1.82, 2.24) is 10.2 Å². The average molecular weight is 347 g/mol. The van der Waals surface area contributed by atoms with Gasteiger partial charge in [-0.3, -0.25) is 14.4 Å². The zero-order valence-corrected chi connectivity index (χ0v) is 14.3. The van der Waals surface area contributed by atoms with Gasteiger partial charge in [0.15, 0.2) is 6.61 Å². The normalized spacial score (nSPS) is 9.64. The summed E-state index contributed by atoms with van der Waals surface area (Å²) in [6.45, 7) is 1.88. The minimum atomic E-state index is -0.721. The predicted octanol–water partition coefficient (Wildman–Crippen LogP) is 0.730. The lowest BCUT2D eigenvalue weighted by Gasteiger charge is -2.15. The number of carbonyl (C=O) groups is 3. The minimum Gasteiger partial charge on any atom is -0.494 e. The smallest absolute Gasteiger partial charge is 0.325 e. The van der Waals surface area contributed by atoms with E-state index in [1.54, 1.807) is 24.3 Å². The molecule has 134 valence electrons. The molecule has 0 spiro atoms. The van der Waals surface area contributed by atoms with Gasteiger partial charge >= 0.3 is 5.97 Å². The fourth-order valence-electron chi connectivity index (χ4n) is 1.77. The van der Waals surface area contributed by atoms with Crippen molar-refractivity contribution in [3.8, 4) is 11.8 Å². The Balaban J connectivity index is 2.34. The van der Waals surface area contributed by atoms with Gasteiger partial charge < -0.3 is 19.7 Å². The first kappa shape index (κ1) is 20.0. The van der Waals surface area contributed by atoms with E-state index in [9.17, 15) is 14.4 Å². The second-order valence-corrected chi connectivity index (χ2v) is 5.02. The van der Waals surface area contributed by atoms with Crippen molar-refractivity contribution < 1.29 is 23.9 Å². The summed E-state index contributed by atoms with van der Waals surface area (Å²) < 4.78 is 10.1. The fourth-order valence-corrected chi connectivity index (χ4v) is 1.77. The molecule has 0 radical (unpaired) electrons. The van der Waals surface area contributed by atoms with Crippen molar-refractivity contribution in [3.63, 3.8) is 0 Å². The molecular weight excluding hydrogens is 326 g/mol. The summed E-state index contributed by atoms with van der Waals surface area (Å²) in [6, 6.07) is 8.40. The Morgan fingerprint density at radius 3 is 2.52 bits per heavy atom. The van der Waals surface area contributed by atoms with Crippen LogP contribution in [-0.4, -0.2) is 56.0 Å². The second-order valence-electron chi connectivity index (χ2n) is 5.02. The molecule has 0 unspecified atom stereocenters. The van der Waals surface area contributed by atoms with E-state index in [1.807, 2.05) is 13.0 Å². The Kier molecular flexibility index (Phi) is 8.50. The lowest BCUT2D eigenvalue weighted by atomic mass is 10.2. The van der Waals surface area contributed by atoms with Crippen molar-refractivity contribution in [3.05, 3.63) is 29.8 Å². The molecule has 0 aliphatic carbocycles. The number of likely N-dealkylation sites (N-methyl/N-ethyl adjacent to an activating group) is 1. The molecule has 1 rings (SSSR count). The molecule has 2 amide bonds. The van der Waals surface area contributed by atoms with Crippen LogP contribution in [0.2, 0.25) is 0 Å². The maximum Gasteiger partial charge on any atom is 0.325 e. The van der Waals surface area contributed by atoms with Crippen LogP contribution in [0.3, 0.4) is 0 Å². The first-order chi connectivity index (χ1) is 12.0. The van der Waals surface area contributed by atoms with Crippen LogP contribution >= 0.6 is 0 Å². The second kappa shape index (κ2) is 10.6. The molecule has 0 aliphatic heterocycles. The molecule has 1 N–H and O–H groups in total. The van der Waals surface area contributed by atoms with Gasteiger partial charge in [-0.15, -0.1) is 0 Å². The molecule has 0 aliphatic rings. The molecule has 0 aromatic heterocycles. The summed E-state index contributed by atoms with van der Waals surface area (Å²) in [7, 11) is 1.52. The van der Waals surface area contributed by atoms with Gasteiger partial charge in [-0.05, 0) is 31.2 Å². The van der Waals surface area contributed by atoms with Crippen LogP contribution in [0.25, 0.3) is 0 Å². The maximum atomic E-state index is 11.9. The number of hydrogen-bond acceptors (Lipinski definition) is 6. The summed E-state index contributed by atoms with van der Waals surface area (Å²) in [5, 5.41) is 10.9. The van der Waals surface area contributed by atoms with E-state index in [0.717, 1.165) is 0 Å². The van der Waals surface area contributed by atoms with Gasteiger partial charge in [-0.2, -0.15) is 5.26 Å². The summed E-state index contributed by atoms with van der Waals surface area (Å²) in [5.41, 5.74) is 0.378. The number of ether oxygens (including phenoxy) is 2. The molecule has 0 atom stereocenters. The van der Waals surface area contributed by atoms with Crippen molar-refractivity contribution in [1.29, 1.82) is 5.26 Å². The highest BCUT2D eigenvalue weighted by atomic mass is 16.5. The van der Waals surface area contributed by atoms with Crippen LogP contribution in [0.15, 0.2) is 24.3 Å². The number of benzene rings is 1. The molecule has 8 heteroatoms. The lowest BCUT2D eigenvalue weighted by Crippen LogP contribution is -2.35. The van der Waals surface area contributed by atoms with E-state index in [0.29, 0.717) is 17.9 Å². The third-order valence-electron chi connectivity index (χ3n) is 3.16. The molecule has 1 aromatic rings. The number of carbonyl (C=O) groups excluding carboxylic acids is 3. The standard InChI is InChI=1S/C17H21N3O5/c1-3-24-14-7-5-13(6-8-14)17(23)19-11-16(22)25-12-15(21)20(2)10-4-9-18/h5-8H,3-4,10-12H2,1-2H3,(H,19,23). The first-order valence-corrected chi connectivity index (χ1v) is 7.75. The van der Waals surface area contributed by atoms with E-state index in [4.69, 9.17) is 14.7 Å². The number of hydrogen-bond donors (Lipinski definition) is 1. The molecule has 25 heavy (non-hydrogen) atoms. The van der Waals surface area contributed by atoms with E-state index in [2.05, 4.69) is 5.32 Å². The third-order valence-corrected chi connectivity index (χ3v) is 3.16. The highest BCUT2D eigenvalue weighted by Crippen LogP contribution is 2.11. The Labute approximate surface area is 146 Å². The maximum absolute atomic E-state index is 11.9. The van der Waals surface area contributed by atoms with Gasteiger partial charge in [-0.1, -0.05) is 0 Å². The van der Waals surface area contributed by atoms with Gasteiger partial charge in [0, 0.05) is 19.2 Å². The molecule has 0 heterocycles. The SMILES string of the molecule is CCOc1ccc(C(=O)NCC(=O)OCC(=O)N(C)CCC#N)cc1. The largest absolute Gasteiger partial charge is 0.494 e. The van der Waals surface area contributed by atoms with Gasteiger partial charge in [0.1, 0.15) is 12.3 Å². The van der Waals surface area contributed by atoms with Gasteiger partial charge in [0.25, 0.3) is 11.8 Å². The number of amides is 2. The van der Waals surface area contributed by atoms with Crippen LogP contribution in [0.5, 0.6) is 5.75 Å². The van der Waals surface area contributed by atoms with Gasteiger partial charge in [0.2, 0.25) is 0 Å². The van der Waals surface area contributed by atoms with Crippen LogP contribution in [0, 0.1) is 11.3 Å². The number of nitrogens with one attached hydrogen (secondary N) is 1. The first-order valence-electron chi connectivity index (χ1n) is 7.75. The number of esters is 1. The van der Waals surface area contributed by atoms with E-state index >= 15 is 0 Å². The average Bonchev–Trinajstić information content (AvgIpc) is 2.62. The van der Waals surface area contributed by atoms with Crippen molar-refractivity contribution in [2.75, 3.05) is 33.4 Å². The van der Waals surface area contributed by atoms with Crippen LogP contribution in [0.1, 0.15) is 23.7 Å². The zero-order chi connectivity index (χ0) is 18.7. The lowest BCUT2D eigenvalue weighted by molar-refractivity contribution is -0.150. The van der Waals surface area contributed by atoms with Crippen LogP contribution < -0.4 is 10.1 Å². The van der Waals surface area contributed by atoms with E-state index in [-0.39, 0.29) is 19.5 Å². The Morgan fingerprint density at radius 2 is 1.92 bits per heavy atom. The molecular formula is C17H21N3O5. The fraction of sp³-hybridized carbons (Fsp3) is 0.412. The number of nitriles is 1. The summed E-state index contributed by atoms with van der Waals surface area (Å²) >= 11 is 0. The number of rotatable bonds is 9. The molecule has 0 fully saturated rings. The molecule has 0 bridgehead atoms. The molecule has 8 nitrogen and oxygen atoms in total. The van der Waals surface area contributed by atoms with Gasteiger partial charge in [-0.25, -0.2) is 0 Å². The molecule has 0 saturated heterocycles. The van der Waals surface area contributed by atoms with E-state index < -0.39 is 24.4 Å². The van der Waals surface area contributed by atoms with Gasteiger partial charge in [0.05, 0.1) is 19.1 Å². The van der Waals surface area contributed by atoms with Crippen molar-refractivity contribution >= 4 is 17.8 Å². The highest BCUT2D eigenvalue weighted by molar-refractivity contribution is 5.96. The molecule has 0 saturated carbocycles. The monoisotopic (exact) mass is 347 g/mol. The zero-order valence-electron chi connectivity index (χ0n) is 14.3. The minimum absolute atomic E-state index is 0.203. The predicted molar refractivity (Wildman–Crippen MR) is 88.8 cm³/mol. The Hall–Kier alpha value is -3.08. The van der Waals surface area contributed by atoms with Crippen molar-refractivity contribution in [2.24, 2.45) is 0 Å². The van der Waals surface area contributed by atoms with Crippen molar-refractivity contribution in [2.45, 2.75) is 13.3 Å².